The lowest BCUT2D eigenvalue weighted by molar-refractivity contribution is 0.00224. The first-order valence-corrected chi connectivity index (χ1v) is 8.15. The van der Waals surface area contributed by atoms with Gasteiger partial charge in [-0.3, -0.25) is 4.90 Å². The third kappa shape index (κ3) is 3.27. The van der Waals surface area contributed by atoms with Crippen LogP contribution in [0.15, 0.2) is 0 Å². The van der Waals surface area contributed by atoms with Gasteiger partial charge in [0.2, 0.25) is 0 Å². The third-order valence-electron chi connectivity index (χ3n) is 5.04. The van der Waals surface area contributed by atoms with Gasteiger partial charge in [-0.2, -0.15) is 0 Å². The SMILES string of the molecule is CCCC(C)CN1CC(C)NCC12CCCCC2. The van der Waals surface area contributed by atoms with Crippen LogP contribution >= 0.6 is 0 Å². The molecule has 0 aromatic heterocycles. The van der Waals surface area contributed by atoms with E-state index in [0.29, 0.717) is 11.6 Å². The van der Waals surface area contributed by atoms with Gasteiger partial charge >= 0.3 is 0 Å². The van der Waals surface area contributed by atoms with Gasteiger partial charge < -0.3 is 5.32 Å². The van der Waals surface area contributed by atoms with Gasteiger partial charge in [0.15, 0.2) is 0 Å². The van der Waals surface area contributed by atoms with Crippen LogP contribution in [0.3, 0.4) is 0 Å². The second kappa shape index (κ2) is 6.38. The van der Waals surface area contributed by atoms with Gasteiger partial charge in [-0.25, -0.2) is 0 Å². The number of hydrogen-bond donors (Lipinski definition) is 1. The number of nitrogens with one attached hydrogen (secondary N) is 1. The lowest BCUT2D eigenvalue weighted by Crippen LogP contribution is -2.65. The van der Waals surface area contributed by atoms with Crippen molar-refractivity contribution in [2.45, 2.75) is 77.3 Å². The normalized spacial score (nSPS) is 30.5. The van der Waals surface area contributed by atoms with Crippen LogP contribution in [-0.4, -0.2) is 36.1 Å². The molecule has 0 amide bonds. The Hall–Kier alpha value is -0.0800. The fourth-order valence-electron chi connectivity index (χ4n) is 4.00. The van der Waals surface area contributed by atoms with Gasteiger partial charge in [0, 0.05) is 31.2 Å². The number of piperazine rings is 1. The summed E-state index contributed by atoms with van der Waals surface area (Å²) in [5.74, 6) is 0.860. The zero-order chi connectivity index (χ0) is 13.0. The fourth-order valence-corrected chi connectivity index (χ4v) is 4.00. The van der Waals surface area contributed by atoms with E-state index in [0.717, 1.165) is 5.92 Å². The van der Waals surface area contributed by atoms with Crippen LogP contribution in [0.1, 0.15) is 65.7 Å². The predicted molar refractivity (Wildman–Crippen MR) is 78.9 cm³/mol. The molecule has 0 aromatic rings. The Labute approximate surface area is 114 Å². The van der Waals surface area contributed by atoms with E-state index in [4.69, 9.17) is 0 Å². The fraction of sp³-hybridized carbons (Fsp3) is 1.00. The highest BCUT2D eigenvalue weighted by atomic mass is 15.3. The number of rotatable bonds is 4. The van der Waals surface area contributed by atoms with Gasteiger partial charge in [-0.05, 0) is 32.1 Å². The molecule has 2 heteroatoms. The molecule has 0 aromatic carbocycles. The van der Waals surface area contributed by atoms with E-state index in [1.165, 1.54) is 64.6 Å². The van der Waals surface area contributed by atoms with Crippen molar-refractivity contribution in [1.82, 2.24) is 10.2 Å². The maximum absolute atomic E-state index is 3.74. The van der Waals surface area contributed by atoms with Crippen LogP contribution in [0.25, 0.3) is 0 Å². The summed E-state index contributed by atoms with van der Waals surface area (Å²) in [5, 5.41) is 3.74. The maximum atomic E-state index is 3.74. The third-order valence-corrected chi connectivity index (χ3v) is 5.04. The number of nitrogens with zero attached hydrogens (tertiary/aromatic N) is 1. The minimum Gasteiger partial charge on any atom is -0.311 e. The Morgan fingerprint density at radius 2 is 2.00 bits per heavy atom. The molecule has 1 saturated heterocycles. The van der Waals surface area contributed by atoms with Crippen LogP contribution in [0.2, 0.25) is 0 Å². The standard InChI is InChI=1S/C16H32N2/c1-4-8-14(2)11-18-12-15(3)17-13-16(18)9-6-5-7-10-16/h14-15,17H,4-13H2,1-3H3. The van der Waals surface area contributed by atoms with Crippen molar-refractivity contribution in [3.05, 3.63) is 0 Å². The highest BCUT2D eigenvalue weighted by Gasteiger charge is 2.41. The van der Waals surface area contributed by atoms with E-state index in [1.54, 1.807) is 0 Å². The van der Waals surface area contributed by atoms with Crippen LogP contribution in [0, 0.1) is 5.92 Å². The van der Waals surface area contributed by atoms with Crippen molar-refractivity contribution in [3.63, 3.8) is 0 Å². The van der Waals surface area contributed by atoms with Gasteiger partial charge in [0.05, 0.1) is 0 Å². The molecule has 18 heavy (non-hydrogen) atoms. The molecule has 2 atom stereocenters. The molecule has 1 spiro atoms. The molecule has 1 aliphatic heterocycles. The zero-order valence-corrected chi connectivity index (χ0v) is 12.7. The van der Waals surface area contributed by atoms with Crippen molar-refractivity contribution in [2.24, 2.45) is 5.92 Å². The average molecular weight is 252 g/mol. The molecule has 2 unspecified atom stereocenters. The predicted octanol–water partition coefficient (Wildman–Crippen LogP) is 3.42. The van der Waals surface area contributed by atoms with Gasteiger partial charge in [0.25, 0.3) is 0 Å². The highest BCUT2D eigenvalue weighted by molar-refractivity contribution is 5.00. The first-order chi connectivity index (χ1) is 8.66. The van der Waals surface area contributed by atoms with Crippen molar-refractivity contribution >= 4 is 0 Å². The molecule has 1 heterocycles. The van der Waals surface area contributed by atoms with Gasteiger partial charge in [-0.15, -0.1) is 0 Å². The topological polar surface area (TPSA) is 15.3 Å². The molecule has 0 radical (unpaired) electrons. The lowest BCUT2D eigenvalue weighted by Gasteiger charge is -2.52. The Morgan fingerprint density at radius 3 is 2.67 bits per heavy atom. The van der Waals surface area contributed by atoms with Crippen LogP contribution in [0.5, 0.6) is 0 Å². The molecule has 1 aliphatic carbocycles. The largest absolute Gasteiger partial charge is 0.311 e. The monoisotopic (exact) mass is 252 g/mol. The maximum Gasteiger partial charge on any atom is 0.0334 e. The second-order valence-corrected chi connectivity index (χ2v) is 6.87. The summed E-state index contributed by atoms with van der Waals surface area (Å²) in [7, 11) is 0. The van der Waals surface area contributed by atoms with Gasteiger partial charge in [0.1, 0.15) is 0 Å². The van der Waals surface area contributed by atoms with Crippen LogP contribution in [0.4, 0.5) is 0 Å². The minimum atomic E-state index is 0.507. The first-order valence-electron chi connectivity index (χ1n) is 8.15. The summed E-state index contributed by atoms with van der Waals surface area (Å²) in [6.45, 7) is 10.9. The summed E-state index contributed by atoms with van der Waals surface area (Å²) < 4.78 is 0. The molecular weight excluding hydrogens is 220 g/mol. The summed E-state index contributed by atoms with van der Waals surface area (Å²) in [6, 6.07) is 0.673. The minimum absolute atomic E-state index is 0.507. The molecule has 2 fully saturated rings. The molecule has 0 bridgehead atoms. The molecule has 2 aliphatic rings. The van der Waals surface area contributed by atoms with Crippen molar-refractivity contribution < 1.29 is 0 Å². The van der Waals surface area contributed by atoms with E-state index >= 15 is 0 Å². The molecular formula is C16H32N2. The molecule has 1 saturated carbocycles. The van der Waals surface area contributed by atoms with E-state index in [1.807, 2.05) is 0 Å². The zero-order valence-electron chi connectivity index (χ0n) is 12.7. The van der Waals surface area contributed by atoms with Crippen molar-refractivity contribution in [2.75, 3.05) is 19.6 Å². The molecule has 2 nitrogen and oxygen atoms in total. The smallest absolute Gasteiger partial charge is 0.0334 e. The van der Waals surface area contributed by atoms with Gasteiger partial charge in [-0.1, -0.05) is 39.5 Å². The Balaban J connectivity index is 2.00. The molecule has 2 rings (SSSR count). The van der Waals surface area contributed by atoms with Crippen LogP contribution < -0.4 is 5.32 Å². The Bertz CT molecular complexity index is 245. The molecule has 1 N–H and O–H groups in total. The highest BCUT2D eigenvalue weighted by Crippen LogP contribution is 2.36. The van der Waals surface area contributed by atoms with Crippen molar-refractivity contribution in [3.8, 4) is 0 Å². The number of hydrogen-bond acceptors (Lipinski definition) is 2. The van der Waals surface area contributed by atoms with E-state index < -0.39 is 0 Å². The summed E-state index contributed by atoms with van der Waals surface area (Å²) in [6.07, 6.45) is 9.89. The van der Waals surface area contributed by atoms with E-state index in [2.05, 4.69) is 31.0 Å². The average Bonchev–Trinajstić information content (AvgIpc) is 2.36. The lowest BCUT2D eigenvalue weighted by atomic mass is 9.78. The first kappa shape index (κ1) is 14.3. The second-order valence-electron chi connectivity index (χ2n) is 6.87. The quantitative estimate of drug-likeness (QED) is 0.825. The Morgan fingerprint density at radius 1 is 1.28 bits per heavy atom. The summed E-state index contributed by atoms with van der Waals surface area (Å²) in [4.78, 5) is 2.85. The van der Waals surface area contributed by atoms with Crippen LogP contribution in [-0.2, 0) is 0 Å². The summed E-state index contributed by atoms with van der Waals surface area (Å²) >= 11 is 0. The Kier molecular flexibility index (Phi) is 5.08. The van der Waals surface area contributed by atoms with Crippen molar-refractivity contribution in [1.29, 1.82) is 0 Å². The van der Waals surface area contributed by atoms with E-state index in [-0.39, 0.29) is 0 Å². The summed E-state index contributed by atoms with van der Waals surface area (Å²) in [5.41, 5.74) is 0.507. The molecule has 106 valence electrons. The van der Waals surface area contributed by atoms with E-state index in [9.17, 15) is 0 Å².